The smallest absolute Gasteiger partial charge is 0.358 e. The molecule has 6 nitrogen and oxygen atoms in total. The van der Waals surface area contributed by atoms with Crippen LogP contribution in [0.4, 0.5) is 0 Å². The number of aromatic nitrogens is 1. The Balaban J connectivity index is 1.96. The van der Waals surface area contributed by atoms with Gasteiger partial charge in [0.1, 0.15) is 6.26 Å². The maximum absolute atomic E-state index is 12.4. The average molecular weight is 341 g/mol. The van der Waals surface area contributed by atoms with E-state index in [1.165, 1.54) is 6.26 Å². The monoisotopic (exact) mass is 341 g/mol. The molecule has 0 aliphatic carbocycles. The zero-order valence-corrected chi connectivity index (χ0v) is 14.3. The van der Waals surface area contributed by atoms with Crippen molar-refractivity contribution in [1.82, 2.24) is 4.57 Å². The van der Waals surface area contributed by atoms with E-state index in [1.807, 2.05) is 30.3 Å². The van der Waals surface area contributed by atoms with Gasteiger partial charge in [-0.2, -0.15) is 0 Å². The van der Waals surface area contributed by atoms with Crippen molar-refractivity contribution in [2.75, 3.05) is 6.61 Å². The van der Waals surface area contributed by atoms with Crippen LogP contribution in [0.1, 0.15) is 20.8 Å². The van der Waals surface area contributed by atoms with E-state index in [0.717, 1.165) is 10.9 Å². The molecule has 0 fully saturated rings. The van der Waals surface area contributed by atoms with Crippen molar-refractivity contribution in [3.8, 4) is 0 Å². The van der Waals surface area contributed by atoms with Crippen molar-refractivity contribution in [3.63, 3.8) is 0 Å². The molecule has 0 bridgehead atoms. The van der Waals surface area contributed by atoms with E-state index in [4.69, 9.17) is 14.2 Å². The van der Waals surface area contributed by atoms with E-state index in [9.17, 15) is 9.59 Å². The summed E-state index contributed by atoms with van der Waals surface area (Å²) in [5.74, 6) is -0.938. The van der Waals surface area contributed by atoms with Gasteiger partial charge in [0, 0.05) is 17.3 Å². The van der Waals surface area contributed by atoms with Gasteiger partial charge in [0.25, 0.3) is 6.29 Å². The van der Waals surface area contributed by atoms with Gasteiger partial charge in [-0.05, 0) is 38.3 Å². The van der Waals surface area contributed by atoms with E-state index < -0.39 is 18.2 Å². The topological polar surface area (TPSA) is 66.8 Å². The highest BCUT2D eigenvalue weighted by molar-refractivity contribution is 6.11. The van der Waals surface area contributed by atoms with E-state index in [1.54, 1.807) is 31.5 Å². The predicted molar refractivity (Wildman–Crippen MR) is 92.2 cm³/mol. The molecule has 130 valence electrons. The molecular formula is C19H19NO5. The number of ether oxygens (including phenoxy) is 3. The molecule has 0 N–H and O–H groups in total. The number of hydrogen-bond donors (Lipinski definition) is 0. The number of cyclic esters (lactones) is 1. The largest absolute Gasteiger partial charge is 0.461 e. The van der Waals surface area contributed by atoms with Crippen LogP contribution in [0.15, 0.2) is 53.9 Å². The molecule has 0 spiro atoms. The minimum atomic E-state index is -0.834. The molecule has 1 aromatic carbocycles. The molecule has 1 aliphatic rings. The number of carbonyl (C=O) groups is 2. The molecule has 0 radical (unpaired) electrons. The molecule has 1 aliphatic heterocycles. The summed E-state index contributed by atoms with van der Waals surface area (Å²) in [5, 5.41) is 0.983. The highest BCUT2D eigenvalue weighted by atomic mass is 16.7. The molecule has 0 amide bonds. The van der Waals surface area contributed by atoms with Crippen molar-refractivity contribution in [2.24, 2.45) is 0 Å². The first kappa shape index (κ1) is 16.8. The first-order valence-corrected chi connectivity index (χ1v) is 8.00. The lowest BCUT2D eigenvalue weighted by Gasteiger charge is -2.14. The molecule has 0 saturated carbocycles. The molecule has 2 heterocycles. The molecule has 6 heteroatoms. The fourth-order valence-corrected chi connectivity index (χ4v) is 2.57. The van der Waals surface area contributed by atoms with Crippen molar-refractivity contribution in [3.05, 3.63) is 53.9 Å². The fourth-order valence-electron chi connectivity index (χ4n) is 2.57. The number of nitrogens with zero attached hydrogens (tertiary/aromatic N) is 1. The number of esters is 2. The summed E-state index contributed by atoms with van der Waals surface area (Å²) < 4.78 is 17.5. The van der Waals surface area contributed by atoms with Crippen LogP contribution in [0.3, 0.4) is 0 Å². The van der Waals surface area contributed by atoms with Crippen molar-refractivity contribution >= 4 is 28.5 Å². The average Bonchev–Trinajstić information content (AvgIpc) is 3.13. The minimum Gasteiger partial charge on any atom is -0.461 e. The number of hydrogen-bond acceptors (Lipinski definition) is 5. The van der Waals surface area contributed by atoms with Gasteiger partial charge in [0.05, 0.1) is 12.1 Å². The van der Waals surface area contributed by atoms with E-state index >= 15 is 0 Å². The van der Waals surface area contributed by atoms with Gasteiger partial charge in [-0.25, -0.2) is 9.59 Å². The molecule has 1 unspecified atom stereocenters. The van der Waals surface area contributed by atoms with E-state index in [0.29, 0.717) is 11.1 Å². The van der Waals surface area contributed by atoms with Gasteiger partial charge in [0.15, 0.2) is 5.70 Å². The Morgan fingerprint density at radius 2 is 2.04 bits per heavy atom. The predicted octanol–water partition coefficient (Wildman–Crippen LogP) is 3.24. The SMILES string of the molecule is CCOC(=O)/C(=C/OC1OC(=O)C(C)=C1C)n1ccc2ccccc21. The number of carbonyl (C=O) groups excluding carboxylic acids is 2. The molecule has 0 saturated heterocycles. The molecule has 1 atom stereocenters. The Bertz CT molecular complexity index is 890. The highest BCUT2D eigenvalue weighted by Gasteiger charge is 2.29. The number of para-hydroxylation sites is 1. The lowest BCUT2D eigenvalue weighted by atomic mass is 10.2. The third-order valence-corrected chi connectivity index (χ3v) is 4.11. The highest BCUT2D eigenvalue weighted by Crippen LogP contribution is 2.25. The second-order valence-electron chi connectivity index (χ2n) is 5.65. The summed E-state index contributed by atoms with van der Waals surface area (Å²) in [5.41, 5.74) is 2.25. The van der Waals surface area contributed by atoms with Crippen LogP contribution in [-0.2, 0) is 23.8 Å². The minimum absolute atomic E-state index is 0.205. The number of benzene rings is 1. The van der Waals surface area contributed by atoms with Crippen LogP contribution in [0, 0.1) is 0 Å². The first-order valence-electron chi connectivity index (χ1n) is 8.00. The van der Waals surface area contributed by atoms with Gasteiger partial charge < -0.3 is 18.8 Å². The zero-order chi connectivity index (χ0) is 18.0. The van der Waals surface area contributed by atoms with Crippen molar-refractivity contribution in [2.45, 2.75) is 27.1 Å². The fraction of sp³-hybridized carbons (Fsp3) is 0.263. The number of rotatable bonds is 5. The molecule has 2 aromatic rings. The summed E-state index contributed by atoms with van der Waals surface area (Å²) in [4.78, 5) is 24.0. The Labute approximate surface area is 145 Å². The second kappa shape index (κ2) is 6.84. The summed E-state index contributed by atoms with van der Waals surface area (Å²) in [6, 6.07) is 9.55. The maximum Gasteiger partial charge on any atom is 0.358 e. The van der Waals surface area contributed by atoms with E-state index in [2.05, 4.69) is 0 Å². The van der Waals surface area contributed by atoms with Crippen LogP contribution < -0.4 is 0 Å². The summed E-state index contributed by atoms with van der Waals surface area (Å²) in [6.07, 6.45) is 2.22. The van der Waals surface area contributed by atoms with Crippen molar-refractivity contribution in [1.29, 1.82) is 0 Å². The van der Waals surface area contributed by atoms with Gasteiger partial charge >= 0.3 is 11.9 Å². The Morgan fingerprint density at radius 3 is 2.72 bits per heavy atom. The van der Waals surface area contributed by atoms with Crippen LogP contribution in [0.5, 0.6) is 0 Å². The first-order chi connectivity index (χ1) is 12.0. The quantitative estimate of drug-likeness (QED) is 0.474. The van der Waals surface area contributed by atoms with Gasteiger partial charge in [-0.1, -0.05) is 18.2 Å². The third kappa shape index (κ3) is 3.15. The zero-order valence-electron chi connectivity index (χ0n) is 14.3. The summed E-state index contributed by atoms with van der Waals surface area (Å²) >= 11 is 0. The van der Waals surface area contributed by atoms with E-state index in [-0.39, 0.29) is 12.3 Å². The van der Waals surface area contributed by atoms with Gasteiger partial charge in [-0.15, -0.1) is 0 Å². The Hall–Kier alpha value is -3.02. The summed E-state index contributed by atoms with van der Waals surface area (Å²) in [7, 11) is 0. The molecule has 25 heavy (non-hydrogen) atoms. The van der Waals surface area contributed by atoms with Gasteiger partial charge in [0.2, 0.25) is 0 Å². The lowest BCUT2D eigenvalue weighted by molar-refractivity contribution is -0.152. The van der Waals surface area contributed by atoms with Gasteiger partial charge in [-0.3, -0.25) is 0 Å². The molecular weight excluding hydrogens is 322 g/mol. The summed E-state index contributed by atoms with van der Waals surface area (Å²) in [6.45, 7) is 5.41. The van der Waals surface area contributed by atoms with Crippen LogP contribution in [0.25, 0.3) is 16.6 Å². The Kier molecular flexibility index (Phi) is 4.61. The van der Waals surface area contributed by atoms with Crippen LogP contribution >= 0.6 is 0 Å². The normalized spacial score (nSPS) is 17.8. The lowest BCUT2D eigenvalue weighted by Crippen LogP contribution is -2.16. The molecule has 1 aromatic heterocycles. The van der Waals surface area contributed by atoms with Crippen molar-refractivity contribution < 1.29 is 23.8 Å². The maximum atomic E-state index is 12.4. The van der Waals surface area contributed by atoms with Crippen LogP contribution in [0.2, 0.25) is 0 Å². The number of fused-ring (bicyclic) bond motifs is 1. The Morgan fingerprint density at radius 1 is 1.28 bits per heavy atom. The third-order valence-electron chi connectivity index (χ3n) is 4.11. The second-order valence-corrected chi connectivity index (χ2v) is 5.65. The standard InChI is InChI=1S/C19H19NO5/c1-4-23-18(22)16(11-24-19-13(3)12(2)17(21)25-19)20-10-9-14-7-5-6-8-15(14)20/h5-11,19H,4H2,1-3H3/b16-11-. The van der Waals surface area contributed by atoms with Crippen LogP contribution in [-0.4, -0.2) is 29.4 Å². The molecule has 3 rings (SSSR count).